The van der Waals surface area contributed by atoms with Crippen LogP contribution in [0.1, 0.15) is 45.6 Å². The summed E-state index contributed by atoms with van der Waals surface area (Å²) >= 11 is 0. The fourth-order valence-electron chi connectivity index (χ4n) is 1.73. The molecule has 0 spiro atoms. The smallest absolute Gasteiger partial charge is 0.313 e. The van der Waals surface area contributed by atoms with E-state index in [0.717, 1.165) is 6.42 Å². The van der Waals surface area contributed by atoms with Gasteiger partial charge in [-0.25, -0.2) is 0 Å². The van der Waals surface area contributed by atoms with Gasteiger partial charge >= 0.3 is 17.9 Å². The molecule has 6 nitrogen and oxygen atoms in total. The highest BCUT2D eigenvalue weighted by molar-refractivity contribution is 5.79. The summed E-state index contributed by atoms with van der Waals surface area (Å²) in [5, 5.41) is 0. The zero-order valence-corrected chi connectivity index (χ0v) is 13.2. The summed E-state index contributed by atoms with van der Waals surface area (Å²) in [6.07, 6.45) is 0.739. The molecule has 0 heterocycles. The lowest BCUT2D eigenvalue weighted by molar-refractivity contribution is -0.145. The molecule has 0 amide bonds. The normalized spacial score (nSPS) is 11.5. The van der Waals surface area contributed by atoms with Gasteiger partial charge in [-0.3, -0.25) is 14.4 Å². The van der Waals surface area contributed by atoms with E-state index < -0.39 is 17.9 Å². The molecule has 1 aromatic carbocycles. The first-order valence-corrected chi connectivity index (χ1v) is 7.02. The minimum absolute atomic E-state index is 0.0929. The Morgan fingerprint density at radius 3 is 2.18 bits per heavy atom. The molecule has 0 radical (unpaired) electrons. The van der Waals surface area contributed by atoms with Crippen molar-refractivity contribution in [2.24, 2.45) is 0 Å². The minimum Gasteiger partial charge on any atom is -0.465 e. The molecule has 0 fully saturated rings. The number of ether oxygens (including phenoxy) is 3. The van der Waals surface area contributed by atoms with Crippen molar-refractivity contribution < 1.29 is 28.6 Å². The average Bonchev–Trinajstić information content (AvgIpc) is 2.44. The lowest BCUT2D eigenvalue weighted by atomic mass is 10.0. The van der Waals surface area contributed by atoms with Crippen LogP contribution in [-0.2, 0) is 19.1 Å². The standard InChI is InChI=1S/C16H20O6/c1-5-8-20-16(19)10(2)13-6-7-14(21-11(3)17)15(9-13)22-12(4)18/h6-7,9-10H,5,8H2,1-4H3. The predicted molar refractivity (Wildman–Crippen MR) is 78.7 cm³/mol. The van der Waals surface area contributed by atoms with Crippen LogP contribution in [-0.4, -0.2) is 24.5 Å². The van der Waals surface area contributed by atoms with Crippen molar-refractivity contribution >= 4 is 17.9 Å². The SMILES string of the molecule is CCCOC(=O)C(C)c1ccc(OC(C)=O)c(OC(C)=O)c1. The number of esters is 3. The molecular formula is C16H20O6. The Kier molecular flexibility index (Phi) is 6.56. The van der Waals surface area contributed by atoms with Crippen LogP contribution in [0.5, 0.6) is 11.5 Å². The van der Waals surface area contributed by atoms with E-state index in [2.05, 4.69) is 0 Å². The first kappa shape index (κ1) is 17.7. The summed E-state index contributed by atoms with van der Waals surface area (Å²) < 4.78 is 15.1. The molecule has 0 aliphatic heterocycles. The molecular weight excluding hydrogens is 288 g/mol. The third-order valence-corrected chi connectivity index (χ3v) is 2.78. The van der Waals surface area contributed by atoms with Gasteiger partial charge in [0.05, 0.1) is 12.5 Å². The van der Waals surface area contributed by atoms with Crippen LogP contribution in [0.15, 0.2) is 18.2 Å². The van der Waals surface area contributed by atoms with Gasteiger partial charge < -0.3 is 14.2 Å². The highest BCUT2D eigenvalue weighted by atomic mass is 16.6. The second-order valence-electron chi connectivity index (χ2n) is 4.78. The van der Waals surface area contributed by atoms with E-state index in [9.17, 15) is 14.4 Å². The molecule has 0 N–H and O–H groups in total. The second kappa shape index (κ2) is 8.17. The molecule has 120 valence electrons. The molecule has 1 atom stereocenters. The van der Waals surface area contributed by atoms with Gasteiger partial charge in [0, 0.05) is 13.8 Å². The van der Waals surface area contributed by atoms with E-state index in [1.165, 1.54) is 26.0 Å². The molecule has 0 saturated carbocycles. The van der Waals surface area contributed by atoms with E-state index in [1.807, 2.05) is 6.92 Å². The Bertz CT molecular complexity index is 564. The van der Waals surface area contributed by atoms with Crippen LogP contribution in [0.25, 0.3) is 0 Å². The van der Waals surface area contributed by atoms with Gasteiger partial charge in [0.2, 0.25) is 0 Å². The first-order valence-electron chi connectivity index (χ1n) is 7.02. The van der Waals surface area contributed by atoms with Crippen LogP contribution in [0.4, 0.5) is 0 Å². The van der Waals surface area contributed by atoms with Crippen molar-refractivity contribution in [3.05, 3.63) is 23.8 Å². The summed E-state index contributed by atoms with van der Waals surface area (Å²) in [7, 11) is 0. The Morgan fingerprint density at radius 2 is 1.64 bits per heavy atom. The zero-order chi connectivity index (χ0) is 16.7. The molecule has 0 saturated heterocycles. The Morgan fingerprint density at radius 1 is 1.05 bits per heavy atom. The van der Waals surface area contributed by atoms with Gasteiger partial charge in [-0.05, 0) is 31.0 Å². The summed E-state index contributed by atoms with van der Waals surface area (Å²) in [6, 6.07) is 4.61. The van der Waals surface area contributed by atoms with Crippen molar-refractivity contribution in [3.8, 4) is 11.5 Å². The van der Waals surface area contributed by atoms with Gasteiger partial charge in [0.1, 0.15) is 0 Å². The number of rotatable bonds is 6. The van der Waals surface area contributed by atoms with E-state index in [0.29, 0.717) is 12.2 Å². The van der Waals surface area contributed by atoms with Gasteiger partial charge in [0.15, 0.2) is 11.5 Å². The Hall–Kier alpha value is -2.37. The molecule has 0 aliphatic carbocycles. The van der Waals surface area contributed by atoms with Crippen LogP contribution in [0.3, 0.4) is 0 Å². The molecule has 1 rings (SSSR count). The van der Waals surface area contributed by atoms with Crippen LogP contribution < -0.4 is 9.47 Å². The second-order valence-corrected chi connectivity index (χ2v) is 4.78. The third-order valence-electron chi connectivity index (χ3n) is 2.78. The van der Waals surface area contributed by atoms with Crippen molar-refractivity contribution in [1.82, 2.24) is 0 Å². The summed E-state index contributed by atoms with van der Waals surface area (Å²) in [5.74, 6) is -1.75. The molecule has 0 aromatic heterocycles. The van der Waals surface area contributed by atoms with Gasteiger partial charge in [-0.2, -0.15) is 0 Å². The molecule has 1 aromatic rings. The van der Waals surface area contributed by atoms with Gasteiger partial charge in [-0.1, -0.05) is 13.0 Å². The predicted octanol–water partition coefficient (Wildman–Crippen LogP) is 2.59. The zero-order valence-electron chi connectivity index (χ0n) is 13.2. The minimum atomic E-state index is -0.549. The lowest BCUT2D eigenvalue weighted by Crippen LogP contribution is -2.14. The number of carbonyl (C=O) groups excluding carboxylic acids is 3. The number of hydrogen-bond acceptors (Lipinski definition) is 6. The average molecular weight is 308 g/mol. The van der Waals surface area contributed by atoms with Gasteiger partial charge in [-0.15, -0.1) is 0 Å². The van der Waals surface area contributed by atoms with Crippen molar-refractivity contribution in [3.63, 3.8) is 0 Å². The molecule has 6 heteroatoms. The molecule has 1 unspecified atom stereocenters. The molecule has 0 bridgehead atoms. The van der Waals surface area contributed by atoms with Gasteiger partial charge in [0.25, 0.3) is 0 Å². The van der Waals surface area contributed by atoms with E-state index in [-0.39, 0.29) is 17.5 Å². The van der Waals surface area contributed by atoms with E-state index >= 15 is 0 Å². The Labute approximate surface area is 129 Å². The topological polar surface area (TPSA) is 78.9 Å². The fourth-order valence-corrected chi connectivity index (χ4v) is 1.73. The lowest BCUT2D eigenvalue weighted by Gasteiger charge is -2.14. The Balaban J connectivity index is 3.04. The van der Waals surface area contributed by atoms with Crippen LogP contribution >= 0.6 is 0 Å². The van der Waals surface area contributed by atoms with Crippen molar-refractivity contribution in [1.29, 1.82) is 0 Å². The van der Waals surface area contributed by atoms with Crippen LogP contribution in [0, 0.1) is 0 Å². The summed E-state index contributed by atoms with van der Waals surface area (Å²) in [5.41, 5.74) is 0.605. The maximum atomic E-state index is 11.9. The monoisotopic (exact) mass is 308 g/mol. The fraction of sp³-hybridized carbons (Fsp3) is 0.438. The number of carbonyl (C=O) groups is 3. The first-order chi connectivity index (χ1) is 10.3. The quantitative estimate of drug-likeness (QED) is 0.593. The summed E-state index contributed by atoms with van der Waals surface area (Å²) in [4.78, 5) is 34.1. The maximum absolute atomic E-state index is 11.9. The van der Waals surface area contributed by atoms with Crippen molar-refractivity contribution in [2.75, 3.05) is 6.61 Å². The molecule has 22 heavy (non-hydrogen) atoms. The summed E-state index contributed by atoms with van der Waals surface area (Å²) in [6.45, 7) is 6.44. The largest absolute Gasteiger partial charge is 0.465 e. The third kappa shape index (κ3) is 5.20. The number of benzene rings is 1. The number of hydrogen-bond donors (Lipinski definition) is 0. The maximum Gasteiger partial charge on any atom is 0.313 e. The van der Waals surface area contributed by atoms with Crippen LogP contribution in [0.2, 0.25) is 0 Å². The van der Waals surface area contributed by atoms with E-state index in [1.54, 1.807) is 13.0 Å². The highest BCUT2D eigenvalue weighted by Crippen LogP contribution is 2.32. The van der Waals surface area contributed by atoms with Crippen molar-refractivity contribution in [2.45, 2.75) is 40.0 Å². The highest BCUT2D eigenvalue weighted by Gasteiger charge is 2.20. The van der Waals surface area contributed by atoms with E-state index in [4.69, 9.17) is 14.2 Å². The molecule has 0 aliphatic rings.